The summed E-state index contributed by atoms with van der Waals surface area (Å²) >= 11 is 3.34. The zero-order chi connectivity index (χ0) is 12.3. The van der Waals surface area contributed by atoms with Gasteiger partial charge < -0.3 is 4.42 Å². The van der Waals surface area contributed by atoms with E-state index < -0.39 is 0 Å². The number of nitrogens with two attached hydrogens (primary N) is 1. The van der Waals surface area contributed by atoms with Crippen LogP contribution in [-0.4, -0.2) is 0 Å². The second-order valence-corrected chi connectivity index (χ2v) is 5.76. The van der Waals surface area contributed by atoms with Crippen molar-refractivity contribution in [3.8, 4) is 0 Å². The molecular weight excluding hydrogens is 280 g/mol. The van der Waals surface area contributed by atoms with Crippen molar-refractivity contribution in [2.75, 3.05) is 0 Å². The molecule has 4 heteroatoms. The highest BCUT2D eigenvalue weighted by Gasteiger charge is 2.29. The molecule has 2 rings (SSSR count). The van der Waals surface area contributed by atoms with Crippen LogP contribution in [0.15, 0.2) is 21.2 Å². The highest BCUT2D eigenvalue weighted by Crippen LogP contribution is 2.38. The minimum atomic E-state index is 0.152. The fourth-order valence-corrected chi connectivity index (χ4v) is 3.19. The molecule has 1 aromatic heterocycles. The summed E-state index contributed by atoms with van der Waals surface area (Å²) in [6, 6.07) is 4.08. The van der Waals surface area contributed by atoms with Gasteiger partial charge in [-0.2, -0.15) is 0 Å². The number of nitrogens with one attached hydrogen (secondary N) is 1. The van der Waals surface area contributed by atoms with E-state index in [-0.39, 0.29) is 6.04 Å². The zero-order valence-corrected chi connectivity index (χ0v) is 11.9. The maximum Gasteiger partial charge on any atom is 0.169 e. The number of hydrogen-bond acceptors (Lipinski definition) is 3. The Morgan fingerprint density at radius 3 is 2.59 bits per heavy atom. The van der Waals surface area contributed by atoms with E-state index in [9.17, 15) is 0 Å². The Morgan fingerprint density at radius 2 is 2.12 bits per heavy atom. The first kappa shape index (κ1) is 13.1. The molecule has 17 heavy (non-hydrogen) atoms. The van der Waals surface area contributed by atoms with Crippen LogP contribution < -0.4 is 11.3 Å². The summed E-state index contributed by atoms with van der Waals surface area (Å²) in [6.45, 7) is 2.29. The summed E-state index contributed by atoms with van der Waals surface area (Å²) in [5.74, 6) is 8.14. The Morgan fingerprint density at radius 1 is 1.41 bits per heavy atom. The second kappa shape index (κ2) is 6.03. The summed E-state index contributed by atoms with van der Waals surface area (Å²) in [7, 11) is 0. The van der Waals surface area contributed by atoms with Gasteiger partial charge in [0, 0.05) is 0 Å². The van der Waals surface area contributed by atoms with Crippen LogP contribution in [-0.2, 0) is 0 Å². The molecule has 1 unspecified atom stereocenters. The summed E-state index contributed by atoms with van der Waals surface area (Å²) < 4.78 is 6.39. The summed E-state index contributed by atoms with van der Waals surface area (Å²) in [4.78, 5) is 0. The maximum absolute atomic E-state index is 5.69. The highest BCUT2D eigenvalue weighted by atomic mass is 79.9. The number of hydrogen-bond donors (Lipinski definition) is 2. The molecule has 3 N–H and O–H groups in total. The third-order valence-corrected chi connectivity index (χ3v) is 4.45. The van der Waals surface area contributed by atoms with Crippen LogP contribution in [0.2, 0.25) is 0 Å². The van der Waals surface area contributed by atoms with E-state index >= 15 is 0 Å². The molecule has 1 atom stereocenters. The van der Waals surface area contributed by atoms with Gasteiger partial charge in [-0.3, -0.25) is 5.84 Å². The maximum atomic E-state index is 5.69. The van der Waals surface area contributed by atoms with Crippen LogP contribution >= 0.6 is 15.9 Å². The Hall–Kier alpha value is -0.320. The lowest BCUT2D eigenvalue weighted by atomic mass is 9.77. The quantitative estimate of drug-likeness (QED) is 0.657. The lowest BCUT2D eigenvalue weighted by Gasteiger charge is -2.32. The van der Waals surface area contributed by atoms with Gasteiger partial charge in [0.15, 0.2) is 4.67 Å². The van der Waals surface area contributed by atoms with Gasteiger partial charge in [-0.25, -0.2) is 5.43 Å². The molecule has 0 aliphatic heterocycles. The van der Waals surface area contributed by atoms with E-state index in [0.717, 1.165) is 16.3 Å². The Labute approximate surface area is 111 Å². The van der Waals surface area contributed by atoms with Crippen molar-refractivity contribution >= 4 is 15.9 Å². The van der Waals surface area contributed by atoms with Gasteiger partial charge >= 0.3 is 0 Å². The van der Waals surface area contributed by atoms with Gasteiger partial charge in [-0.1, -0.05) is 26.2 Å². The summed E-state index contributed by atoms with van der Waals surface area (Å²) in [5.41, 5.74) is 2.92. The zero-order valence-electron chi connectivity index (χ0n) is 10.3. The molecule has 0 spiro atoms. The minimum Gasteiger partial charge on any atom is -0.453 e. The molecule has 0 amide bonds. The normalized spacial score (nSPS) is 27.0. The predicted molar refractivity (Wildman–Crippen MR) is 72.2 cm³/mol. The highest BCUT2D eigenvalue weighted by molar-refractivity contribution is 9.10. The Kier molecular flexibility index (Phi) is 4.65. The number of halogens is 1. The summed E-state index contributed by atoms with van der Waals surface area (Å²) in [5, 5.41) is 0. The van der Waals surface area contributed by atoms with Crippen molar-refractivity contribution < 1.29 is 4.42 Å². The topological polar surface area (TPSA) is 51.2 Å². The van der Waals surface area contributed by atoms with E-state index in [0.29, 0.717) is 5.92 Å². The first-order valence-corrected chi connectivity index (χ1v) is 7.25. The van der Waals surface area contributed by atoms with Gasteiger partial charge in [-0.05, 0) is 52.7 Å². The first-order valence-electron chi connectivity index (χ1n) is 6.46. The molecule has 1 saturated carbocycles. The third kappa shape index (κ3) is 3.12. The van der Waals surface area contributed by atoms with Crippen LogP contribution in [0.4, 0.5) is 0 Å². The van der Waals surface area contributed by atoms with E-state index in [2.05, 4.69) is 28.3 Å². The van der Waals surface area contributed by atoms with Crippen LogP contribution in [0.5, 0.6) is 0 Å². The van der Waals surface area contributed by atoms with Crippen molar-refractivity contribution in [2.45, 2.75) is 45.1 Å². The fraction of sp³-hybridized carbons (Fsp3) is 0.692. The van der Waals surface area contributed by atoms with Crippen molar-refractivity contribution in [3.05, 3.63) is 22.6 Å². The molecule has 1 aromatic rings. The molecule has 96 valence electrons. The first-order chi connectivity index (χ1) is 8.24. The SMILES string of the molecule is CCC1CCC(C(NN)c2ccc(Br)o2)CC1. The molecule has 0 bridgehead atoms. The fourth-order valence-electron chi connectivity index (χ4n) is 2.88. The number of hydrazine groups is 1. The van der Waals surface area contributed by atoms with Crippen molar-refractivity contribution in [1.82, 2.24) is 5.43 Å². The van der Waals surface area contributed by atoms with Crippen molar-refractivity contribution in [3.63, 3.8) is 0 Å². The molecule has 0 saturated heterocycles. The van der Waals surface area contributed by atoms with Gasteiger partial charge in [-0.15, -0.1) is 0 Å². The molecule has 3 nitrogen and oxygen atoms in total. The van der Waals surface area contributed by atoms with Crippen LogP contribution in [0.3, 0.4) is 0 Å². The molecule has 1 fully saturated rings. The lowest BCUT2D eigenvalue weighted by Crippen LogP contribution is -2.35. The van der Waals surface area contributed by atoms with E-state index in [1.165, 1.54) is 32.1 Å². The van der Waals surface area contributed by atoms with E-state index in [4.69, 9.17) is 10.3 Å². The van der Waals surface area contributed by atoms with Gasteiger partial charge in [0.05, 0.1) is 6.04 Å². The largest absolute Gasteiger partial charge is 0.453 e. The standard InChI is InChI=1S/C13H21BrN2O/c1-2-9-3-5-10(6-4-9)13(16-15)11-7-8-12(14)17-11/h7-10,13,16H,2-6,15H2,1H3. The Bertz CT molecular complexity index is 345. The average molecular weight is 301 g/mol. The third-order valence-electron chi connectivity index (χ3n) is 4.02. The van der Waals surface area contributed by atoms with E-state index in [1.807, 2.05) is 12.1 Å². The van der Waals surface area contributed by atoms with Gasteiger partial charge in [0.1, 0.15) is 5.76 Å². The van der Waals surface area contributed by atoms with Crippen LogP contribution in [0.1, 0.15) is 50.8 Å². The summed E-state index contributed by atoms with van der Waals surface area (Å²) in [6.07, 6.45) is 6.43. The monoisotopic (exact) mass is 300 g/mol. The lowest BCUT2D eigenvalue weighted by molar-refractivity contribution is 0.202. The molecule has 0 aromatic carbocycles. The predicted octanol–water partition coefficient (Wildman–Crippen LogP) is 3.76. The van der Waals surface area contributed by atoms with Gasteiger partial charge in [0.2, 0.25) is 0 Å². The average Bonchev–Trinajstić information content (AvgIpc) is 2.78. The minimum absolute atomic E-state index is 0.152. The number of rotatable bonds is 4. The van der Waals surface area contributed by atoms with Crippen LogP contribution in [0.25, 0.3) is 0 Å². The van der Waals surface area contributed by atoms with Gasteiger partial charge in [0.25, 0.3) is 0 Å². The van der Waals surface area contributed by atoms with Crippen LogP contribution in [0, 0.1) is 11.8 Å². The second-order valence-electron chi connectivity index (χ2n) is 4.98. The molecule has 0 radical (unpaired) electrons. The molecule has 1 aliphatic carbocycles. The number of furan rings is 1. The molecular formula is C13H21BrN2O. The van der Waals surface area contributed by atoms with Crippen molar-refractivity contribution in [2.24, 2.45) is 17.7 Å². The smallest absolute Gasteiger partial charge is 0.169 e. The van der Waals surface area contributed by atoms with Crippen molar-refractivity contribution in [1.29, 1.82) is 0 Å². The Balaban J connectivity index is 2.00. The molecule has 1 heterocycles. The molecule has 1 aliphatic rings. The van der Waals surface area contributed by atoms with E-state index in [1.54, 1.807) is 0 Å².